The molecule has 1 atom stereocenters. The molecule has 3 amide bonds. The van der Waals surface area contributed by atoms with Crippen molar-refractivity contribution in [1.29, 1.82) is 0 Å². The van der Waals surface area contributed by atoms with E-state index in [-0.39, 0.29) is 59.5 Å². The van der Waals surface area contributed by atoms with Crippen LogP contribution in [-0.2, 0) is 24.6 Å². The molecule has 17 nitrogen and oxygen atoms in total. The summed E-state index contributed by atoms with van der Waals surface area (Å²) in [6.07, 6.45) is 8.06. The number of anilines is 3. The third-order valence-electron chi connectivity index (χ3n) is 12.1. The SMILES string of the molecule is CCN(C)S(=O)(=O)Nc1ccc(F)c(C(=O)c2c[nH]c3ncc(-c4cnc(N5CCN(C(=O)CN6CCC(c7ccc(NC8CCC(=O)NC8=O)c(F)c7)CC6)CC5)nc4)cc23)c1F. The lowest BCUT2D eigenvalue weighted by molar-refractivity contribution is -0.134. The molecule has 3 saturated heterocycles. The number of amides is 3. The first-order chi connectivity index (χ1) is 30.7. The van der Waals surface area contributed by atoms with E-state index in [2.05, 4.69) is 40.2 Å². The van der Waals surface area contributed by atoms with E-state index in [0.717, 1.165) is 34.8 Å². The second-order valence-electron chi connectivity index (χ2n) is 16.0. The van der Waals surface area contributed by atoms with Crippen LogP contribution in [0.15, 0.2) is 61.2 Å². The minimum absolute atomic E-state index is 0.0254. The number of piperidine rings is 2. The molecule has 1 unspecified atom stereocenters. The lowest BCUT2D eigenvalue weighted by atomic mass is 9.89. The first-order valence-electron chi connectivity index (χ1n) is 20.9. The van der Waals surface area contributed by atoms with Crippen molar-refractivity contribution < 1.29 is 40.8 Å². The molecule has 0 radical (unpaired) electrons. The highest BCUT2D eigenvalue weighted by Crippen LogP contribution is 2.32. The number of halogens is 3. The molecule has 0 saturated carbocycles. The van der Waals surface area contributed by atoms with Crippen LogP contribution >= 0.6 is 0 Å². The maximum atomic E-state index is 15.6. The molecular weight excluding hydrogens is 856 g/mol. The standard InChI is InChI=1S/C43H46F3N11O6S/c1-3-54(2)64(62,63)53-34-7-5-31(44)38(39(34)46)40(60)30-23-48-41-29(30)18-27(20-47-41)28-21-49-43(50-22-28)57-16-14-56(15-17-57)37(59)24-55-12-10-25(11-13-55)26-4-6-33(32(45)19-26)51-35-8-9-36(58)52-42(35)61/h4-7,18-23,25,35,51,53H,3,8-17,24H2,1-2H3,(H,47,48)(H,52,58,61). The Labute approximate surface area is 366 Å². The minimum Gasteiger partial charge on any atom is -0.371 e. The van der Waals surface area contributed by atoms with Crippen molar-refractivity contribution in [1.82, 2.24) is 39.4 Å². The lowest BCUT2D eigenvalue weighted by Crippen LogP contribution is -2.52. The zero-order chi connectivity index (χ0) is 45.3. The number of ketones is 1. The van der Waals surface area contributed by atoms with Gasteiger partial charge in [-0.25, -0.2) is 28.1 Å². The van der Waals surface area contributed by atoms with Gasteiger partial charge in [0, 0.05) is 93.1 Å². The maximum absolute atomic E-state index is 15.6. The zero-order valence-electron chi connectivity index (χ0n) is 35.0. The van der Waals surface area contributed by atoms with Gasteiger partial charge in [-0.2, -0.15) is 12.7 Å². The maximum Gasteiger partial charge on any atom is 0.301 e. The van der Waals surface area contributed by atoms with Gasteiger partial charge in [0.1, 0.15) is 23.3 Å². The molecule has 64 heavy (non-hydrogen) atoms. The van der Waals surface area contributed by atoms with E-state index in [9.17, 15) is 27.6 Å². The summed E-state index contributed by atoms with van der Waals surface area (Å²) in [5, 5.41) is 5.45. The van der Waals surface area contributed by atoms with Crippen molar-refractivity contribution in [3.05, 3.63) is 95.3 Å². The van der Waals surface area contributed by atoms with Crippen molar-refractivity contribution in [3.8, 4) is 11.1 Å². The van der Waals surface area contributed by atoms with Crippen LogP contribution in [0.3, 0.4) is 0 Å². The van der Waals surface area contributed by atoms with Gasteiger partial charge in [-0.15, -0.1) is 0 Å². The monoisotopic (exact) mass is 901 g/mol. The number of benzene rings is 2. The summed E-state index contributed by atoms with van der Waals surface area (Å²) in [7, 11) is -2.87. The number of hydrogen-bond donors (Lipinski definition) is 4. The summed E-state index contributed by atoms with van der Waals surface area (Å²) < 4.78 is 73.8. The van der Waals surface area contributed by atoms with E-state index in [0.29, 0.717) is 62.8 Å². The summed E-state index contributed by atoms with van der Waals surface area (Å²) >= 11 is 0. The van der Waals surface area contributed by atoms with E-state index in [1.165, 1.54) is 19.3 Å². The van der Waals surface area contributed by atoms with Crippen LogP contribution < -0.4 is 20.3 Å². The molecule has 3 aromatic heterocycles. The van der Waals surface area contributed by atoms with E-state index in [4.69, 9.17) is 0 Å². The Balaban J connectivity index is 0.838. The number of hydrogen-bond acceptors (Lipinski definition) is 12. The average molecular weight is 902 g/mol. The molecule has 3 aliphatic heterocycles. The largest absolute Gasteiger partial charge is 0.371 e. The highest BCUT2D eigenvalue weighted by Gasteiger charge is 2.31. The third-order valence-corrected chi connectivity index (χ3v) is 13.6. The van der Waals surface area contributed by atoms with Gasteiger partial charge in [0.2, 0.25) is 29.5 Å². The normalized spacial score (nSPS) is 17.8. The van der Waals surface area contributed by atoms with Gasteiger partial charge in [0.05, 0.1) is 23.5 Å². The van der Waals surface area contributed by atoms with Gasteiger partial charge in [0.25, 0.3) is 0 Å². The van der Waals surface area contributed by atoms with Crippen molar-refractivity contribution in [2.75, 3.05) is 74.3 Å². The summed E-state index contributed by atoms with van der Waals surface area (Å²) in [6.45, 7) is 5.32. The number of pyridine rings is 1. The van der Waals surface area contributed by atoms with Crippen molar-refractivity contribution in [3.63, 3.8) is 0 Å². The smallest absolute Gasteiger partial charge is 0.301 e. The minimum atomic E-state index is -4.16. The number of likely N-dealkylation sites (tertiary alicyclic amines) is 1. The molecular formula is C43H46F3N11O6S. The number of rotatable bonds is 13. The number of nitrogens with one attached hydrogen (secondary N) is 4. The number of imide groups is 1. The highest BCUT2D eigenvalue weighted by atomic mass is 32.2. The molecule has 21 heteroatoms. The first kappa shape index (κ1) is 44.2. The van der Waals surface area contributed by atoms with E-state index < -0.39 is 56.6 Å². The van der Waals surface area contributed by atoms with Gasteiger partial charge in [0.15, 0.2) is 5.82 Å². The van der Waals surface area contributed by atoms with E-state index in [1.54, 1.807) is 37.6 Å². The summed E-state index contributed by atoms with van der Waals surface area (Å²) in [4.78, 5) is 72.8. The molecule has 0 spiro atoms. The van der Waals surface area contributed by atoms with Gasteiger partial charge in [-0.1, -0.05) is 13.0 Å². The number of H-pyrrole nitrogens is 1. The van der Waals surface area contributed by atoms with Crippen LogP contribution in [0.5, 0.6) is 0 Å². The summed E-state index contributed by atoms with van der Waals surface area (Å²) in [5.41, 5.74) is 0.871. The van der Waals surface area contributed by atoms with Crippen molar-refractivity contribution in [2.45, 2.75) is 44.6 Å². The molecule has 3 aliphatic rings. The Kier molecular flexibility index (Phi) is 12.7. The van der Waals surface area contributed by atoms with Crippen LogP contribution in [0.2, 0.25) is 0 Å². The fourth-order valence-electron chi connectivity index (χ4n) is 8.14. The number of piperazine rings is 1. The molecule has 8 rings (SSSR count). The molecule has 6 heterocycles. The number of aromatic nitrogens is 4. The number of carbonyl (C=O) groups excluding carboxylic acids is 4. The number of fused-ring (bicyclic) bond motifs is 1. The second kappa shape index (κ2) is 18.3. The zero-order valence-corrected chi connectivity index (χ0v) is 35.9. The Morgan fingerprint density at radius 2 is 1.58 bits per heavy atom. The number of nitrogens with zero attached hydrogens (tertiary/aromatic N) is 7. The van der Waals surface area contributed by atoms with Gasteiger partial charge >= 0.3 is 10.2 Å². The first-order valence-corrected chi connectivity index (χ1v) is 22.3. The van der Waals surface area contributed by atoms with Gasteiger partial charge in [-0.3, -0.25) is 34.1 Å². The molecule has 0 aliphatic carbocycles. The van der Waals surface area contributed by atoms with Crippen LogP contribution in [0.1, 0.15) is 60.0 Å². The number of carbonyl (C=O) groups is 4. The van der Waals surface area contributed by atoms with Crippen molar-refractivity contribution in [2.24, 2.45) is 0 Å². The summed E-state index contributed by atoms with van der Waals surface area (Å²) in [6, 6.07) is 7.68. The molecule has 4 N–H and O–H groups in total. The Morgan fingerprint density at radius 1 is 0.875 bits per heavy atom. The highest BCUT2D eigenvalue weighted by molar-refractivity contribution is 7.90. The van der Waals surface area contributed by atoms with Crippen molar-refractivity contribution >= 4 is 62.1 Å². The fraction of sp³-hybridized carbons (Fsp3) is 0.372. The fourth-order valence-corrected chi connectivity index (χ4v) is 9.07. The lowest BCUT2D eigenvalue weighted by Gasteiger charge is -2.37. The van der Waals surface area contributed by atoms with Crippen LogP contribution in [-0.4, -0.2) is 131 Å². The average Bonchev–Trinajstić information content (AvgIpc) is 3.72. The molecule has 336 valence electrons. The second-order valence-corrected chi connectivity index (χ2v) is 17.8. The predicted octanol–water partition coefficient (Wildman–Crippen LogP) is 4.02. The van der Waals surface area contributed by atoms with Crippen LogP contribution in [0.4, 0.5) is 30.5 Å². The number of aromatic amines is 1. The van der Waals surface area contributed by atoms with Crippen LogP contribution in [0, 0.1) is 17.5 Å². The van der Waals surface area contributed by atoms with E-state index in [1.807, 2.05) is 15.9 Å². The third kappa shape index (κ3) is 9.27. The Hall–Kier alpha value is -6.45. The van der Waals surface area contributed by atoms with E-state index >= 15 is 13.2 Å². The van der Waals surface area contributed by atoms with Crippen LogP contribution in [0.25, 0.3) is 22.2 Å². The van der Waals surface area contributed by atoms with Gasteiger partial charge < -0.3 is 20.1 Å². The topological polar surface area (TPSA) is 206 Å². The Morgan fingerprint density at radius 3 is 2.27 bits per heavy atom. The Bertz CT molecular complexity index is 2720. The predicted molar refractivity (Wildman–Crippen MR) is 231 cm³/mol. The molecule has 0 bridgehead atoms. The quantitative estimate of drug-likeness (QED) is 0.0978. The molecule has 2 aromatic carbocycles. The summed E-state index contributed by atoms with van der Waals surface area (Å²) in [5.74, 6) is -4.16. The molecule has 3 fully saturated rings. The molecule has 5 aromatic rings. The van der Waals surface area contributed by atoms with Gasteiger partial charge in [-0.05, 0) is 74.2 Å².